The smallest absolute Gasteiger partial charge is 0.239 e. The van der Waals surface area contributed by atoms with Crippen LogP contribution in [0.5, 0.6) is 0 Å². The number of aryl methyl sites for hydroxylation is 2. The highest BCUT2D eigenvalue weighted by Crippen LogP contribution is 2.28. The largest absolute Gasteiger partial charge is 0.461 e. The van der Waals surface area contributed by atoms with E-state index in [1.165, 1.54) is 16.7 Å². The van der Waals surface area contributed by atoms with Crippen LogP contribution in [-0.2, 0) is 27.7 Å². The van der Waals surface area contributed by atoms with Gasteiger partial charge in [0.2, 0.25) is 11.7 Å². The van der Waals surface area contributed by atoms with Crippen LogP contribution in [0.1, 0.15) is 48.9 Å². The van der Waals surface area contributed by atoms with Gasteiger partial charge in [0.05, 0.1) is 6.26 Å². The van der Waals surface area contributed by atoms with Crippen LogP contribution in [0, 0.1) is 13.8 Å². The molecule has 0 aliphatic rings. The maximum Gasteiger partial charge on any atom is 0.239 e. The van der Waals surface area contributed by atoms with Gasteiger partial charge in [0, 0.05) is 16.6 Å². The quantitative estimate of drug-likeness (QED) is 0.650. The molecule has 1 atom stereocenters. The molecule has 0 amide bonds. The summed E-state index contributed by atoms with van der Waals surface area (Å²) in [5.74, 6) is 1.98. The summed E-state index contributed by atoms with van der Waals surface area (Å²) in [6.07, 6.45) is 1.55. The van der Waals surface area contributed by atoms with Crippen molar-refractivity contribution in [3.05, 3.63) is 58.7 Å². The summed E-state index contributed by atoms with van der Waals surface area (Å²) < 4.78 is 23.1. The van der Waals surface area contributed by atoms with Crippen LogP contribution in [0.3, 0.4) is 0 Å². The van der Waals surface area contributed by atoms with Gasteiger partial charge in [-0.3, -0.25) is 4.21 Å². The second kappa shape index (κ2) is 7.19. The number of nitrogens with zero attached hydrogens (tertiary/aromatic N) is 2. The van der Waals surface area contributed by atoms with Gasteiger partial charge in [0.25, 0.3) is 0 Å². The van der Waals surface area contributed by atoms with Gasteiger partial charge >= 0.3 is 0 Å². The van der Waals surface area contributed by atoms with Crippen molar-refractivity contribution in [2.45, 2.75) is 51.5 Å². The van der Waals surface area contributed by atoms with Crippen LogP contribution in [0.15, 0.2) is 39.5 Å². The first kappa shape index (κ1) is 18.6. The Morgan fingerprint density at radius 2 is 1.81 bits per heavy atom. The van der Waals surface area contributed by atoms with E-state index in [2.05, 4.69) is 56.9 Å². The molecule has 138 valence electrons. The summed E-state index contributed by atoms with van der Waals surface area (Å²) >= 11 is 0. The van der Waals surface area contributed by atoms with E-state index in [0.29, 0.717) is 23.2 Å². The zero-order chi connectivity index (χ0) is 18.9. The molecule has 1 aromatic carbocycles. The molecule has 3 rings (SSSR count). The van der Waals surface area contributed by atoms with Crippen LogP contribution >= 0.6 is 0 Å². The topological polar surface area (TPSA) is 69.1 Å². The maximum atomic E-state index is 12.6. The van der Waals surface area contributed by atoms with E-state index in [0.717, 1.165) is 5.56 Å². The molecule has 2 aromatic heterocycles. The van der Waals surface area contributed by atoms with Gasteiger partial charge in [0.1, 0.15) is 5.75 Å². The number of furan rings is 1. The third-order valence-electron chi connectivity index (χ3n) is 4.36. The molecule has 0 unspecified atom stereocenters. The lowest BCUT2D eigenvalue weighted by Gasteiger charge is -2.22. The lowest BCUT2D eigenvalue weighted by Crippen LogP contribution is -2.13. The van der Waals surface area contributed by atoms with Crippen LogP contribution < -0.4 is 0 Å². The molecule has 0 fully saturated rings. The summed E-state index contributed by atoms with van der Waals surface area (Å²) in [6.45, 7) is 10.8. The lowest BCUT2D eigenvalue weighted by molar-refractivity contribution is 0.389. The maximum absolute atomic E-state index is 12.6. The minimum atomic E-state index is -1.13. The molecule has 0 spiro atoms. The van der Waals surface area contributed by atoms with Crippen molar-refractivity contribution in [2.24, 2.45) is 0 Å². The average Bonchev–Trinajstić information content (AvgIpc) is 3.20. The fourth-order valence-electron chi connectivity index (χ4n) is 2.82. The van der Waals surface area contributed by atoms with E-state index in [4.69, 9.17) is 8.94 Å². The molecular formula is C20H24N2O3S. The Bertz CT molecular complexity index is 898. The highest BCUT2D eigenvalue weighted by Gasteiger charge is 2.18. The Hall–Kier alpha value is -2.21. The second-order valence-corrected chi connectivity index (χ2v) is 9.01. The normalized spacial score (nSPS) is 13.1. The standard InChI is InChI=1S/C20H24N2O3S/c1-13-9-15(20(3,4)5)10-14(2)16(13)11-26(23)12-18-21-19(22-25-18)17-7-6-8-24-17/h6-10H,11-12H2,1-5H3/t26-/m1/s1. The number of aromatic nitrogens is 2. The highest BCUT2D eigenvalue weighted by molar-refractivity contribution is 7.83. The Balaban J connectivity index is 1.72. The summed E-state index contributed by atoms with van der Waals surface area (Å²) in [7, 11) is -1.13. The van der Waals surface area contributed by atoms with Crippen molar-refractivity contribution in [1.82, 2.24) is 10.1 Å². The number of rotatable bonds is 5. The summed E-state index contributed by atoms with van der Waals surface area (Å²) in [6, 6.07) is 7.91. The molecule has 0 bridgehead atoms. The fourth-order valence-corrected chi connectivity index (χ4v) is 4.10. The van der Waals surface area contributed by atoms with E-state index in [-0.39, 0.29) is 11.2 Å². The van der Waals surface area contributed by atoms with E-state index in [1.54, 1.807) is 18.4 Å². The molecular weight excluding hydrogens is 348 g/mol. The third kappa shape index (κ3) is 4.12. The number of hydrogen-bond acceptors (Lipinski definition) is 5. The molecule has 6 heteroatoms. The van der Waals surface area contributed by atoms with Crippen molar-refractivity contribution in [3.8, 4) is 11.6 Å². The first-order chi connectivity index (χ1) is 12.2. The predicted molar refractivity (Wildman–Crippen MR) is 102 cm³/mol. The molecule has 0 aliphatic carbocycles. The molecule has 0 saturated heterocycles. The van der Waals surface area contributed by atoms with Crippen LogP contribution in [-0.4, -0.2) is 14.3 Å². The van der Waals surface area contributed by atoms with Crippen LogP contribution in [0.25, 0.3) is 11.6 Å². The molecule has 0 aliphatic heterocycles. The van der Waals surface area contributed by atoms with Crippen LogP contribution in [0.2, 0.25) is 0 Å². The minimum absolute atomic E-state index is 0.0964. The molecule has 0 N–H and O–H groups in total. The van der Waals surface area contributed by atoms with Gasteiger partial charge in [-0.15, -0.1) is 0 Å². The number of benzene rings is 1. The minimum Gasteiger partial charge on any atom is -0.461 e. The summed E-state index contributed by atoms with van der Waals surface area (Å²) in [4.78, 5) is 4.26. The molecule has 2 heterocycles. The molecule has 0 radical (unpaired) electrons. The van der Waals surface area contributed by atoms with Gasteiger partial charge in [0.15, 0.2) is 5.76 Å². The van der Waals surface area contributed by atoms with E-state index < -0.39 is 10.8 Å². The van der Waals surface area contributed by atoms with Crippen molar-refractivity contribution >= 4 is 10.8 Å². The first-order valence-electron chi connectivity index (χ1n) is 8.56. The van der Waals surface area contributed by atoms with Crippen LogP contribution in [0.4, 0.5) is 0 Å². The van der Waals surface area contributed by atoms with E-state index >= 15 is 0 Å². The molecule has 0 saturated carbocycles. The molecule has 26 heavy (non-hydrogen) atoms. The Morgan fingerprint density at radius 1 is 1.12 bits per heavy atom. The van der Waals surface area contributed by atoms with Gasteiger partial charge < -0.3 is 8.94 Å². The zero-order valence-corrected chi connectivity index (χ0v) is 16.6. The van der Waals surface area contributed by atoms with Crippen molar-refractivity contribution in [1.29, 1.82) is 0 Å². The SMILES string of the molecule is Cc1cc(C(C)(C)C)cc(C)c1C[S@@](=O)Cc1nc(-c2ccco2)no1. The van der Waals surface area contributed by atoms with Crippen molar-refractivity contribution < 1.29 is 13.1 Å². The molecule has 5 nitrogen and oxygen atoms in total. The zero-order valence-electron chi connectivity index (χ0n) is 15.8. The Kier molecular flexibility index (Phi) is 5.14. The Morgan fingerprint density at radius 3 is 2.38 bits per heavy atom. The van der Waals surface area contributed by atoms with Gasteiger partial charge in [-0.1, -0.05) is 38.1 Å². The van der Waals surface area contributed by atoms with Crippen molar-refractivity contribution in [3.63, 3.8) is 0 Å². The van der Waals surface area contributed by atoms with Gasteiger partial charge in [-0.05, 0) is 53.6 Å². The first-order valence-corrected chi connectivity index (χ1v) is 10.0. The summed E-state index contributed by atoms with van der Waals surface area (Å²) in [5.41, 5.74) is 4.86. The lowest BCUT2D eigenvalue weighted by atomic mass is 9.84. The van der Waals surface area contributed by atoms with Gasteiger partial charge in [-0.25, -0.2) is 0 Å². The fraction of sp³-hybridized carbons (Fsp3) is 0.400. The monoisotopic (exact) mass is 372 g/mol. The Labute approximate surface area is 156 Å². The van der Waals surface area contributed by atoms with E-state index in [9.17, 15) is 4.21 Å². The number of hydrogen-bond donors (Lipinski definition) is 0. The average molecular weight is 372 g/mol. The highest BCUT2D eigenvalue weighted by atomic mass is 32.2. The summed E-state index contributed by atoms with van der Waals surface area (Å²) in [5, 5.41) is 3.88. The third-order valence-corrected chi connectivity index (χ3v) is 5.54. The second-order valence-electron chi connectivity index (χ2n) is 7.56. The van der Waals surface area contributed by atoms with E-state index in [1.807, 2.05) is 0 Å². The predicted octanol–water partition coefficient (Wildman–Crippen LogP) is 4.69. The molecule has 3 aromatic rings. The van der Waals surface area contributed by atoms with Crippen molar-refractivity contribution in [2.75, 3.05) is 0 Å². The van der Waals surface area contributed by atoms with Gasteiger partial charge in [-0.2, -0.15) is 4.98 Å².